The van der Waals surface area contributed by atoms with E-state index in [0.717, 1.165) is 16.8 Å². The quantitative estimate of drug-likeness (QED) is 0.0778. The zero-order valence-electron chi connectivity index (χ0n) is 24.6. The number of nitrogens with one attached hydrogen (secondary N) is 1. The molecule has 6 aromatic rings. The van der Waals surface area contributed by atoms with Crippen LogP contribution in [0.3, 0.4) is 0 Å². The van der Waals surface area contributed by atoms with Gasteiger partial charge in [0.25, 0.3) is 5.91 Å². The van der Waals surface area contributed by atoms with Crippen LogP contribution in [0.4, 0.5) is 5.69 Å². The maximum absolute atomic E-state index is 13.1. The SMILES string of the molecule is N#C/C(=C\c1ccc(OC(=O)c2ccc3nc(-c4ccccc4)c(-c4ccccc4)nc3c2)cc1)C(=O)Nc1ccccc1C(=O)O. The van der Waals surface area contributed by atoms with E-state index in [2.05, 4.69) is 5.32 Å². The predicted octanol–water partition coefficient (Wildman–Crippen LogP) is 7.43. The van der Waals surface area contributed by atoms with Gasteiger partial charge in [0.05, 0.1) is 39.2 Å². The van der Waals surface area contributed by atoms with Gasteiger partial charge < -0.3 is 15.2 Å². The fraction of sp³-hybridized carbons (Fsp3) is 0. The Morgan fingerprint density at radius 2 is 1.32 bits per heavy atom. The maximum Gasteiger partial charge on any atom is 0.343 e. The lowest BCUT2D eigenvalue weighted by atomic mass is 10.0. The average Bonchev–Trinajstić information content (AvgIpc) is 3.11. The Hall–Kier alpha value is -6.92. The highest BCUT2D eigenvalue weighted by atomic mass is 16.5. The minimum absolute atomic E-state index is 0.0704. The van der Waals surface area contributed by atoms with Gasteiger partial charge in [-0.05, 0) is 54.1 Å². The first kappa shape index (κ1) is 30.1. The van der Waals surface area contributed by atoms with Gasteiger partial charge in [0.15, 0.2) is 0 Å². The molecule has 0 fully saturated rings. The molecule has 0 bridgehead atoms. The molecule has 0 aliphatic carbocycles. The number of carbonyl (C=O) groups is 3. The molecular formula is C38H24N4O5. The van der Waals surface area contributed by atoms with E-state index in [9.17, 15) is 24.8 Å². The van der Waals surface area contributed by atoms with Crippen molar-refractivity contribution in [3.8, 4) is 34.3 Å². The minimum Gasteiger partial charge on any atom is -0.478 e. The van der Waals surface area contributed by atoms with Gasteiger partial charge in [0.2, 0.25) is 0 Å². The largest absolute Gasteiger partial charge is 0.478 e. The molecular weight excluding hydrogens is 592 g/mol. The molecule has 9 nitrogen and oxygen atoms in total. The first-order chi connectivity index (χ1) is 22.9. The fourth-order valence-electron chi connectivity index (χ4n) is 4.86. The third-order valence-corrected chi connectivity index (χ3v) is 7.17. The smallest absolute Gasteiger partial charge is 0.343 e. The van der Waals surface area contributed by atoms with Gasteiger partial charge in [0.1, 0.15) is 17.4 Å². The Morgan fingerprint density at radius 3 is 1.94 bits per heavy atom. The average molecular weight is 617 g/mol. The summed E-state index contributed by atoms with van der Waals surface area (Å²) >= 11 is 0. The fourth-order valence-corrected chi connectivity index (χ4v) is 4.86. The summed E-state index contributed by atoms with van der Waals surface area (Å²) in [4.78, 5) is 47.1. The molecule has 6 rings (SSSR count). The van der Waals surface area contributed by atoms with Crippen LogP contribution in [0.1, 0.15) is 26.3 Å². The molecule has 1 amide bonds. The van der Waals surface area contributed by atoms with Crippen molar-refractivity contribution in [2.75, 3.05) is 5.32 Å². The van der Waals surface area contributed by atoms with Crippen molar-refractivity contribution in [3.63, 3.8) is 0 Å². The van der Waals surface area contributed by atoms with E-state index in [4.69, 9.17) is 14.7 Å². The molecule has 0 aliphatic rings. The van der Waals surface area contributed by atoms with Crippen molar-refractivity contribution >= 4 is 40.6 Å². The summed E-state index contributed by atoms with van der Waals surface area (Å²) in [7, 11) is 0. The third-order valence-electron chi connectivity index (χ3n) is 7.17. The number of fused-ring (bicyclic) bond motifs is 1. The second kappa shape index (κ2) is 13.4. The van der Waals surface area contributed by atoms with Crippen molar-refractivity contribution in [1.82, 2.24) is 9.97 Å². The molecule has 1 heterocycles. The highest BCUT2D eigenvalue weighted by Gasteiger charge is 2.17. The lowest BCUT2D eigenvalue weighted by molar-refractivity contribution is -0.112. The van der Waals surface area contributed by atoms with Crippen LogP contribution in [-0.4, -0.2) is 32.9 Å². The highest BCUT2D eigenvalue weighted by Crippen LogP contribution is 2.31. The Balaban J connectivity index is 1.21. The number of para-hydroxylation sites is 1. The summed E-state index contributed by atoms with van der Waals surface area (Å²) in [6, 6.07) is 38.5. The number of carboxylic acids is 1. The van der Waals surface area contributed by atoms with E-state index in [1.807, 2.05) is 66.7 Å². The van der Waals surface area contributed by atoms with Crippen molar-refractivity contribution < 1.29 is 24.2 Å². The molecule has 0 saturated carbocycles. The molecule has 0 aliphatic heterocycles. The number of esters is 1. The van der Waals surface area contributed by atoms with Crippen LogP contribution < -0.4 is 10.1 Å². The molecule has 0 radical (unpaired) electrons. The van der Waals surface area contributed by atoms with Crippen molar-refractivity contribution in [3.05, 3.63) is 150 Å². The number of hydrogen-bond donors (Lipinski definition) is 2. The number of carbonyl (C=O) groups excluding carboxylic acids is 2. The zero-order valence-corrected chi connectivity index (χ0v) is 24.6. The van der Waals surface area contributed by atoms with Crippen molar-refractivity contribution in [2.24, 2.45) is 0 Å². The summed E-state index contributed by atoms with van der Waals surface area (Å²) in [6.07, 6.45) is 1.35. The molecule has 2 N–H and O–H groups in total. The second-order valence-electron chi connectivity index (χ2n) is 10.3. The summed E-state index contributed by atoms with van der Waals surface area (Å²) in [6.45, 7) is 0. The predicted molar refractivity (Wildman–Crippen MR) is 177 cm³/mol. The van der Waals surface area contributed by atoms with Crippen molar-refractivity contribution in [2.45, 2.75) is 0 Å². The van der Waals surface area contributed by atoms with E-state index in [0.29, 0.717) is 22.3 Å². The van der Waals surface area contributed by atoms with E-state index in [1.165, 1.54) is 36.4 Å². The van der Waals surface area contributed by atoms with E-state index in [1.54, 1.807) is 36.4 Å². The molecule has 0 saturated heterocycles. The number of carboxylic acid groups (broad SMARTS) is 1. The molecule has 0 atom stereocenters. The number of anilines is 1. The van der Waals surface area contributed by atoms with E-state index in [-0.39, 0.29) is 28.1 Å². The molecule has 0 spiro atoms. The van der Waals surface area contributed by atoms with E-state index < -0.39 is 17.8 Å². The topological polar surface area (TPSA) is 142 Å². The number of aromatic carboxylic acids is 1. The number of nitrogens with zero attached hydrogens (tertiary/aromatic N) is 3. The van der Waals surface area contributed by atoms with Crippen LogP contribution in [0.5, 0.6) is 5.75 Å². The number of ether oxygens (including phenoxy) is 1. The molecule has 226 valence electrons. The van der Waals surface area contributed by atoms with E-state index >= 15 is 0 Å². The number of rotatable bonds is 8. The summed E-state index contributed by atoms with van der Waals surface area (Å²) in [5.41, 5.74) is 4.91. The van der Waals surface area contributed by atoms with Crippen LogP contribution in [0.2, 0.25) is 0 Å². The standard InChI is InChI=1S/C38H24N4O5/c39-23-28(36(43)42-31-14-8-7-13-30(31)37(44)45)21-24-15-18-29(19-16-24)47-38(46)27-17-20-32-33(22-27)41-35(26-11-5-2-6-12-26)34(40-32)25-9-3-1-4-10-25/h1-22H,(H,42,43)(H,44,45)/b28-21+. The van der Waals surface area contributed by atoms with Crippen LogP contribution in [0.25, 0.3) is 39.6 Å². The van der Waals surface area contributed by atoms with Crippen molar-refractivity contribution in [1.29, 1.82) is 5.26 Å². The molecule has 5 aromatic carbocycles. The number of benzene rings is 5. The van der Waals surface area contributed by atoms with Crippen LogP contribution in [0, 0.1) is 11.3 Å². The Bertz CT molecular complexity index is 2210. The van der Waals surface area contributed by atoms with Gasteiger partial charge in [0, 0.05) is 11.1 Å². The summed E-state index contributed by atoms with van der Waals surface area (Å²) in [5, 5.41) is 21.4. The van der Waals surface area contributed by atoms with Gasteiger partial charge >= 0.3 is 11.9 Å². The third kappa shape index (κ3) is 6.77. The van der Waals surface area contributed by atoms with Crippen LogP contribution in [-0.2, 0) is 4.79 Å². The van der Waals surface area contributed by atoms with Gasteiger partial charge in [-0.2, -0.15) is 5.26 Å². The second-order valence-corrected chi connectivity index (χ2v) is 10.3. The van der Waals surface area contributed by atoms with Gasteiger partial charge in [-0.1, -0.05) is 84.9 Å². The zero-order chi connectivity index (χ0) is 32.8. The molecule has 0 unspecified atom stereocenters. The highest BCUT2D eigenvalue weighted by molar-refractivity contribution is 6.11. The molecule has 1 aromatic heterocycles. The van der Waals surface area contributed by atoms with Gasteiger partial charge in [-0.25, -0.2) is 19.6 Å². The Kier molecular flexibility index (Phi) is 8.57. The van der Waals surface area contributed by atoms with Gasteiger partial charge in [-0.15, -0.1) is 0 Å². The van der Waals surface area contributed by atoms with Crippen LogP contribution in [0.15, 0.2) is 133 Å². The van der Waals surface area contributed by atoms with Crippen LogP contribution >= 0.6 is 0 Å². The Morgan fingerprint density at radius 1 is 0.723 bits per heavy atom. The molecule has 47 heavy (non-hydrogen) atoms. The number of amides is 1. The van der Waals surface area contributed by atoms with Gasteiger partial charge in [-0.3, -0.25) is 4.79 Å². The maximum atomic E-state index is 13.1. The molecule has 9 heteroatoms. The number of aromatic nitrogens is 2. The number of hydrogen-bond acceptors (Lipinski definition) is 7. The summed E-state index contributed by atoms with van der Waals surface area (Å²) in [5.74, 6) is -2.32. The normalized spacial score (nSPS) is 11.0. The lowest BCUT2D eigenvalue weighted by Crippen LogP contribution is -2.16. The summed E-state index contributed by atoms with van der Waals surface area (Å²) < 4.78 is 5.60. The lowest BCUT2D eigenvalue weighted by Gasteiger charge is -2.11. The monoisotopic (exact) mass is 616 g/mol. The first-order valence-electron chi connectivity index (χ1n) is 14.4. The Labute approximate surface area is 269 Å². The first-order valence-corrected chi connectivity index (χ1v) is 14.4. The minimum atomic E-state index is -1.21. The number of nitriles is 1.